The van der Waals surface area contributed by atoms with Crippen LogP contribution < -0.4 is 10.6 Å². The molecular formula is C13H16N2O2S2. The second-order valence-corrected chi connectivity index (χ2v) is 5.93. The van der Waals surface area contributed by atoms with Gasteiger partial charge >= 0.3 is 5.97 Å². The minimum atomic E-state index is -0.312. The van der Waals surface area contributed by atoms with Crippen LogP contribution in [0.2, 0.25) is 0 Å². The zero-order valence-corrected chi connectivity index (χ0v) is 12.7. The number of allylic oxidation sites excluding steroid dienone is 1. The fourth-order valence-electron chi connectivity index (χ4n) is 1.91. The normalized spacial score (nSPS) is 19.2. The van der Waals surface area contributed by atoms with Crippen LogP contribution in [0.25, 0.3) is 0 Å². The first-order valence-corrected chi connectivity index (χ1v) is 7.30. The molecule has 0 unspecified atom stereocenters. The molecule has 2 N–H and O–H groups in total. The zero-order chi connectivity index (χ0) is 14.0. The van der Waals surface area contributed by atoms with Gasteiger partial charge in [-0.15, -0.1) is 11.3 Å². The van der Waals surface area contributed by atoms with E-state index in [0.29, 0.717) is 10.7 Å². The Labute approximate surface area is 121 Å². The maximum atomic E-state index is 12.2. The molecule has 0 radical (unpaired) electrons. The van der Waals surface area contributed by atoms with Crippen molar-refractivity contribution < 1.29 is 9.53 Å². The van der Waals surface area contributed by atoms with Crippen LogP contribution in [0, 0.1) is 0 Å². The van der Waals surface area contributed by atoms with E-state index in [2.05, 4.69) is 10.6 Å². The third-order valence-electron chi connectivity index (χ3n) is 2.66. The van der Waals surface area contributed by atoms with Gasteiger partial charge in [-0.1, -0.05) is 6.07 Å². The lowest BCUT2D eigenvalue weighted by Gasteiger charge is -2.29. The van der Waals surface area contributed by atoms with E-state index in [4.69, 9.17) is 17.0 Å². The molecule has 1 aromatic heterocycles. The SMILES string of the molecule is CC1=C(C(=O)OC(C)C)[C@H](c2cccs2)NC(=S)N1. The molecule has 1 aliphatic heterocycles. The van der Waals surface area contributed by atoms with E-state index >= 15 is 0 Å². The summed E-state index contributed by atoms with van der Waals surface area (Å²) in [5.74, 6) is -0.312. The van der Waals surface area contributed by atoms with Crippen molar-refractivity contribution in [2.24, 2.45) is 0 Å². The highest BCUT2D eigenvalue weighted by molar-refractivity contribution is 7.80. The average Bonchev–Trinajstić information content (AvgIpc) is 2.79. The molecule has 19 heavy (non-hydrogen) atoms. The number of thiophene rings is 1. The first-order valence-electron chi connectivity index (χ1n) is 6.01. The molecule has 0 bridgehead atoms. The Hall–Kier alpha value is -1.40. The molecule has 1 aliphatic rings. The van der Waals surface area contributed by atoms with Gasteiger partial charge in [0, 0.05) is 10.6 Å². The van der Waals surface area contributed by atoms with Crippen LogP contribution in [-0.4, -0.2) is 17.2 Å². The summed E-state index contributed by atoms with van der Waals surface area (Å²) < 4.78 is 5.31. The van der Waals surface area contributed by atoms with Gasteiger partial charge in [-0.3, -0.25) is 0 Å². The van der Waals surface area contributed by atoms with E-state index in [9.17, 15) is 4.79 Å². The number of rotatable bonds is 3. The van der Waals surface area contributed by atoms with Gasteiger partial charge < -0.3 is 15.4 Å². The van der Waals surface area contributed by atoms with Crippen LogP contribution in [-0.2, 0) is 9.53 Å². The molecule has 1 aromatic rings. The molecule has 0 aromatic carbocycles. The van der Waals surface area contributed by atoms with Crippen molar-refractivity contribution >= 4 is 34.6 Å². The monoisotopic (exact) mass is 296 g/mol. The van der Waals surface area contributed by atoms with E-state index in [-0.39, 0.29) is 18.1 Å². The van der Waals surface area contributed by atoms with Gasteiger partial charge in [0.2, 0.25) is 0 Å². The average molecular weight is 296 g/mol. The van der Waals surface area contributed by atoms with Crippen molar-refractivity contribution in [3.8, 4) is 0 Å². The maximum Gasteiger partial charge on any atom is 0.338 e. The molecule has 0 spiro atoms. The number of esters is 1. The van der Waals surface area contributed by atoms with E-state index in [1.807, 2.05) is 38.3 Å². The van der Waals surface area contributed by atoms with Gasteiger partial charge in [0.25, 0.3) is 0 Å². The summed E-state index contributed by atoms with van der Waals surface area (Å²) in [7, 11) is 0. The number of thiocarbonyl (C=S) groups is 1. The summed E-state index contributed by atoms with van der Waals surface area (Å²) in [6.07, 6.45) is -0.148. The smallest absolute Gasteiger partial charge is 0.338 e. The number of hydrogen-bond acceptors (Lipinski definition) is 4. The van der Waals surface area contributed by atoms with Gasteiger partial charge in [0.15, 0.2) is 5.11 Å². The van der Waals surface area contributed by atoms with Crippen molar-refractivity contribution in [2.75, 3.05) is 0 Å². The Morgan fingerprint density at radius 1 is 1.53 bits per heavy atom. The molecule has 0 saturated heterocycles. The van der Waals surface area contributed by atoms with Gasteiger partial charge in [0.05, 0.1) is 17.7 Å². The zero-order valence-electron chi connectivity index (χ0n) is 11.0. The number of hydrogen-bond donors (Lipinski definition) is 2. The van der Waals surface area contributed by atoms with Gasteiger partial charge in [-0.2, -0.15) is 0 Å². The molecule has 0 aliphatic carbocycles. The lowest BCUT2D eigenvalue weighted by molar-refractivity contribution is -0.143. The summed E-state index contributed by atoms with van der Waals surface area (Å²) in [6.45, 7) is 5.51. The summed E-state index contributed by atoms with van der Waals surface area (Å²) in [5.41, 5.74) is 1.33. The summed E-state index contributed by atoms with van der Waals surface area (Å²) in [5, 5.41) is 8.60. The molecule has 0 saturated carbocycles. The van der Waals surface area contributed by atoms with Crippen molar-refractivity contribution in [1.29, 1.82) is 0 Å². The van der Waals surface area contributed by atoms with Gasteiger partial charge in [0.1, 0.15) is 0 Å². The fraction of sp³-hybridized carbons (Fsp3) is 0.385. The third-order valence-corrected chi connectivity index (χ3v) is 3.82. The molecule has 2 rings (SSSR count). The lowest BCUT2D eigenvalue weighted by Crippen LogP contribution is -2.45. The summed E-state index contributed by atoms with van der Waals surface area (Å²) in [4.78, 5) is 13.3. The van der Waals surface area contributed by atoms with Crippen LogP contribution in [0.1, 0.15) is 31.7 Å². The standard InChI is InChI=1S/C13H16N2O2S2/c1-7(2)17-12(16)10-8(3)14-13(18)15-11(10)9-5-4-6-19-9/h4-7,11H,1-3H3,(H2,14,15,18)/t11-/m0/s1. The van der Waals surface area contributed by atoms with Gasteiger partial charge in [-0.05, 0) is 44.4 Å². The minimum Gasteiger partial charge on any atom is -0.459 e. The summed E-state index contributed by atoms with van der Waals surface area (Å²) >= 11 is 6.74. The highest BCUT2D eigenvalue weighted by Crippen LogP contribution is 2.30. The van der Waals surface area contributed by atoms with E-state index in [1.165, 1.54) is 0 Å². The molecule has 6 heteroatoms. The van der Waals surface area contributed by atoms with Crippen LogP contribution in [0.3, 0.4) is 0 Å². The Morgan fingerprint density at radius 3 is 2.84 bits per heavy atom. The summed E-state index contributed by atoms with van der Waals surface area (Å²) in [6, 6.07) is 3.69. The number of carbonyl (C=O) groups is 1. The minimum absolute atomic E-state index is 0.148. The second kappa shape index (κ2) is 5.71. The first-order chi connectivity index (χ1) is 8.99. The van der Waals surface area contributed by atoms with Crippen molar-refractivity contribution in [2.45, 2.75) is 32.9 Å². The van der Waals surface area contributed by atoms with Crippen molar-refractivity contribution in [1.82, 2.24) is 10.6 Å². The van der Waals surface area contributed by atoms with Gasteiger partial charge in [-0.25, -0.2) is 4.79 Å². The maximum absolute atomic E-state index is 12.2. The third kappa shape index (κ3) is 3.13. The first kappa shape index (κ1) is 14.0. The Bertz CT molecular complexity index is 521. The molecule has 1 atom stereocenters. The molecule has 102 valence electrons. The molecule has 4 nitrogen and oxygen atoms in total. The Morgan fingerprint density at radius 2 is 2.26 bits per heavy atom. The largest absolute Gasteiger partial charge is 0.459 e. The highest BCUT2D eigenvalue weighted by atomic mass is 32.1. The predicted molar refractivity (Wildman–Crippen MR) is 79.9 cm³/mol. The van der Waals surface area contributed by atoms with Crippen LogP contribution in [0.15, 0.2) is 28.8 Å². The Kier molecular flexibility index (Phi) is 4.21. The highest BCUT2D eigenvalue weighted by Gasteiger charge is 2.31. The molecule has 2 heterocycles. The topological polar surface area (TPSA) is 50.4 Å². The van der Waals surface area contributed by atoms with Crippen LogP contribution in [0.5, 0.6) is 0 Å². The van der Waals surface area contributed by atoms with Crippen molar-refractivity contribution in [3.63, 3.8) is 0 Å². The number of ether oxygens (including phenoxy) is 1. The van der Waals surface area contributed by atoms with E-state index in [0.717, 1.165) is 10.6 Å². The number of nitrogens with one attached hydrogen (secondary N) is 2. The molecule has 0 fully saturated rings. The lowest BCUT2D eigenvalue weighted by atomic mass is 10.0. The van der Waals surface area contributed by atoms with Crippen LogP contribution >= 0.6 is 23.6 Å². The predicted octanol–water partition coefficient (Wildman–Crippen LogP) is 2.49. The number of carbonyl (C=O) groups excluding carboxylic acids is 1. The van der Waals surface area contributed by atoms with E-state index in [1.54, 1.807) is 11.3 Å². The molecular weight excluding hydrogens is 280 g/mol. The second-order valence-electron chi connectivity index (χ2n) is 4.54. The molecule has 0 amide bonds. The van der Waals surface area contributed by atoms with E-state index < -0.39 is 0 Å². The quantitative estimate of drug-likeness (QED) is 0.663. The van der Waals surface area contributed by atoms with Crippen LogP contribution in [0.4, 0.5) is 0 Å². The Balaban J connectivity index is 2.36. The fourth-order valence-corrected chi connectivity index (χ4v) is 2.97. The van der Waals surface area contributed by atoms with Crippen molar-refractivity contribution in [3.05, 3.63) is 33.7 Å².